The quantitative estimate of drug-likeness (QED) is 0.471. The average molecular weight is 147 g/mol. The summed E-state index contributed by atoms with van der Waals surface area (Å²) >= 11 is 0. The number of rotatable bonds is 3. The Morgan fingerprint density at radius 1 is 1.50 bits per heavy atom. The zero-order chi connectivity index (χ0) is 7.98. The first kappa shape index (κ1) is 9.23. The summed E-state index contributed by atoms with van der Waals surface area (Å²) in [4.78, 5) is 10.4. The van der Waals surface area contributed by atoms with Crippen molar-refractivity contribution in [3.63, 3.8) is 0 Å². The van der Waals surface area contributed by atoms with Crippen LogP contribution >= 0.6 is 0 Å². The third kappa shape index (κ3) is 5.37. The normalized spacial score (nSPS) is 9.60. The van der Waals surface area contributed by atoms with Crippen LogP contribution in [-0.2, 0) is 9.47 Å². The highest BCUT2D eigenvalue weighted by Crippen LogP contribution is 1.93. The molecule has 0 aliphatic carbocycles. The summed E-state index contributed by atoms with van der Waals surface area (Å²) in [7, 11) is 0. The van der Waals surface area contributed by atoms with E-state index in [9.17, 15) is 4.79 Å². The van der Waals surface area contributed by atoms with E-state index in [-0.39, 0.29) is 6.73 Å². The van der Waals surface area contributed by atoms with E-state index in [1.807, 2.05) is 13.8 Å². The van der Waals surface area contributed by atoms with Crippen LogP contribution in [0.1, 0.15) is 13.8 Å². The van der Waals surface area contributed by atoms with Gasteiger partial charge in [0, 0.05) is 0 Å². The Morgan fingerprint density at radius 2 is 2.10 bits per heavy atom. The Morgan fingerprint density at radius 3 is 2.50 bits per heavy atom. The molecule has 0 aliphatic rings. The summed E-state index contributed by atoms with van der Waals surface area (Å²) in [6, 6.07) is 0. The Kier molecular flexibility index (Phi) is 4.66. The van der Waals surface area contributed by atoms with E-state index in [4.69, 9.17) is 5.73 Å². The highest BCUT2D eigenvalue weighted by atomic mass is 16.7. The second-order valence-electron chi connectivity index (χ2n) is 2.27. The molecule has 4 nitrogen and oxygen atoms in total. The largest absolute Gasteiger partial charge is 0.509 e. The van der Waals surface area contributed by atoms with E-state index < -0.39 is 6.16 Å². The molecular formula is C6H13NO3. The lowest BCUT2D eigenvalue weighted by Crippen LogP contribution is -2.15. The minimum absolute atomic E-state index is 0.128. The molecule has 4 heteroatoms. The Labute approximate surface area is 60.3 Å². The summed E-state index contributed by atoms with van der Waals surface area (Å²) in [5.41, 5.74) is 4.91. The van der Waals surface area contributed by atoms with Crippen molar-refractivity contribution in [2.75, 3.05) is 13.3 Å². The Balaban J connectivity index is 3.22. The molecule has 0 aromatic carbocycles. The highest BCUT2D eigenvalue weighted by molar-refractivity contribution is 5.59. The summed E-state index contributed by atoms with van der Waals surface area (Å²) in [6.45, 7) is 4.13. The number of ether oxygens (including phenoxy) is 2. The van der Waals surface area contributed by atoms with Crippen molar-refractivity contribution in [2.45, 2.75) is 13.8 Å². The van der Waals surface area contributed by atoms with E-state index >= 15 is 0 Å². The van der Waals surface area contributed by atoms with E-state index in [1.165, 1.54) is 0 Å². The van der Waals surface area contributed by atoms with Crippen LogP contribution in [0.2, 0.25) is 0 Å². The molecule has 0 heterocycles. The minimum Gasteiger partial charge on any atom is -0.434 e. The molecule has 0 aliphatic heterocycles. The van der Waals surface area contributed by atoms with Gasteiger partial charge in [0.1, 0.15) is 6.73 Å². The van der Waals surface area contributed by atoms with Gasteiger partial charge in [0.2, 0.25) is 0 Å². The fourth-order valence-electron chi connectivity index (χ4n) is 0.344. The smallest absolute Gasteiger partial charge is 0.434 e. The van der Waals surface area contributed by atoms with Gasteiger partial charge in [0.15, 0.2) is 0 Å². The lowest BCUT2D eigenvalue weighted by molar-refractivity contribution is 0.0493. The molecule has 0 saturated heterocycles. The van der Waals surface area contributed by atoms with Gasteiger partial charge in [-0.25, -0.2) is 4.79 Å². The van der Waals surface area contributed by atoms with Crippen LogP contribution < -0.4 is 5.73 Å². The first-order valence-electron chi connectivity index (χ1n) is 3.16. The SMILES string of the molecule is CC(C)COC(=O)OCN. The summed E-state index contributed by atoms with van der Waals surface area (Å²) in [5, 5.41) is 0. The predicted octanol–water partition coefficient (Wildman–Crippen LogP) is 0.712. The second kappa shape index (κ2) is 5.05. The third-order valence-corrected chi connectivity index (χ3v) is 0.736. The highest BCUT2D eigenvalue weighted by Gasteiger charge is 2.02. The van der Waals surface area contributed by atoms with Crippen LogP contribution in [0.25, 0.3) is 0 Å². The van der Waals surface area contributed by atoms with Crippen LogP contribution in [0.4, 0.5) is 4.79 Å². The zero-order valence-electron chi connectivity index (χ0n) is 6.29. The van der Waals surface area contributed by atoms with Crippen molar-refractivity contribution in [1.29, 1.82) is 0 Å². The summed E-state index contributed by atoms with van der Waals surface area (Å²) < 4.78 is 8.91. The van der Waals surface area contributed by atoms with Crippen LogP contribution in [0.15, 0.2) is 0 Å². The van der Waals surface area contributed by atoms with Crippen molar-refractivity contribution in [3.8, 4) is 0 Å². The molecule has 0 fully saturated rings. The predicted molar refractivity (Wildman–Crippen MR) is 36.3 cm³/mol. The topological polar surface area (TPSA) is 61.5 Å². The van der Waals surface area contributed by atoms with Crippen molar-refractivity contribution in [2.24, 2.45) is 11.7 Å². The maximum atomic E-state index is 10.4. The van der Waals surface area contributed by atoms with E-state index in [1.54, 1.807) is 0 Å². The van der Waals surface area contributed by atoms with Gasteiger partial charge < -0.3 is 9.47 Å². The van der Waals surface area contributed by atoms with E-state index in [0.717, 1.165) is 0 Å². The van der Waals surface area contributed by atoms with Crippen molar-refractivity contribution in [1.82, 2.24) is 0 Å². The standard InChI is InChI=1S/C6H13NO3/c1-5(2)3-9-6(8)10-4-7/h5H,3-4,7H2,1-2H3. The zero-order valence-corrected chi connectivity index (χ0v) is 6.29. The van der Waals surface area contributed by atoms with Crippen molar-refractivity contribution in [3.05, 3.63) is 0 Å². The van der Waals surface area contributed by atoms with Gasteiger partial charge in [-0.15, -0.1) is 0 Å². The Hall–Kier alpha value is -0.770. The van der Waals surface area contributed by atoms with Crippen LogP contribution in [0, 0.1) is 5.92 Å². The van der Waals surface area contributed by atoms with Crippen LogP contribution in [-0.4, -0.2) is 19.5 Å². The van der Waals surface area contributed by atoms with Gasteiger partial charge in [0.25, 0.3) is 0 Å². The molecule has 0 rings (SSSR count). The van der Waals surface area contributed by atoms with Crippen molar-refractivity contribution >= 4 is 6.16 Å². The number of hydrogen-bond donors (Lipinski definition) is 1. The monoisotopic (exact) mass is 147 g/mol. The second-order valence-corrected chi connectivity index (χ2v) is 2.27. The van der Waals surface area contributed by atoms with E-state index in [0.29, 0.717) is 12.5 Å². The number of hydrogen-bond acceptors (Lipinski definition) is 4. The maximum Gasteiger partial charge on any atom is 0.509 e. The lowest BCUT2D eigenvalue weighted by Gasteiger charge is -2.05. The molecule has 0 saturated carbocycles. The van der Waals surface area contributed by atoms with Crippen molar-refractivity contribution < 1.29 is 14.3 Å². The maximum absolute atomic E-state index is 10.4. The molecule has 2 N–H and O–H groups in total. The molecule has 10 heavy (non-hydrogen) atoms. The number of carbonyl (C=O) groups is 1. The molecule has 60 valence electrons. The third-order valence-electron chi connectivity index (χ3n) is 0.736. The first-order chi connectivity index (χ1) is 4.66. The molecule has 0 unspecified atom stereocenters. The fraction of sp³-hybridized carbons (Fsp3) is 0.833. The molecule has 0 bridgehead atoms. The lowest BCUT2D eigenvalue weighted by atomic mass is 10.2. The summed E-state index contributed by atoms with van der Waals surface area (Å²) in [5.74, 6) is 0.324. The van der Waals surface area contributed by atoms with Gasteiger partial charge in [0.05, 0.1) is 6.61 Å². The average Bonchev–Trinajstić information content (AvgIpc) is 1.85. The first-order valence-corrected chi connectivity index (χ1v) is 3.16. The van der Waals surface area contributed by atoms with Gasteiger partial charge >= 0.3 is 6.16 Å². The van der Waals surface area contributed by atoms with Gasteiger partial charge in [-0.3, -0.25) is 5.73 Å². The summed E-state index contributed by atoms with van der Waals surface area (Å²) in [6.07, 6.45) is -0.698. The number of nitrogens with two attached hydrogens (primary N) is 1. The van der Waals surface area contributed by atoms with Gasteiger partial charge in [-0.2, -0.15) is 0 Å². The van der Waals surface area contributed by atoms with E-state index in [2.05, 4.69) is 9.47 Å². The molecule has 0 aromatic heterocycles. The molecule has 0 atom stereocenters. The molecule has 0 aromatic rings. The molecule has 0 amide bonds. The molecule has 0 radical (unpaired) electrons. The molecular weight excluding hydrogens is 134 g/mol. The van der Waals surface area contributed by atoms with Crippen LogP contribution in [0.3, 0.4) is 0 Å². The fourth-order valence-corrected chi connectivity index (χ4v) is 0.344. The number of carbonyl (C=O) groups excluding carboxylic acids is 1. The van der Waals surface area contributed by atoms with Gasteiger partial charge in [-0.1, -0.05) is 13.8 Å². The molecule has 0 spiro atoms. The Bertz CT molecular complexity index is 103. The minimum atomic E-state index is -0.698. The van der Waals surface area contributed by atoms with Crippen LogP contribution in [0.5, 0.6) is 0 Å². The van der Waals surface area contributed by atoms with Gasteiger partial charge in [-0.05, 0) is 5.92 Å².